The van der Waals surface area contributed by atoms with Crippen LogP contribution in [0.2, 0.25) is 0 Å². The first-order valence-electron chi connectivity index (χ1n) is 10.3. The highest BCUT2D eigenvalue weighted by Crippen LogP contribution is 2.15. The third kappa shape index (κ3) is 5.97. The molecule has 0 bridgehead atoms. The van der Waals surface area contributed by atoms with Crippen molar-refractivity contribution in [1.29, 1.82) is 0 Å². The Morgan fingerprint density at radius 1 is 1.03 bits per heavy atom. The fraction of sp³-hybridized carbons (Fsp3) is 0.391. The fourth-order valence-corrected chi connectivity index (χ4v) is 3.52. The maximum absolute atomic E-state index is 12.5. The van der Waals surface area contributed by atoms with Crippen molar-refractivity contribution in [2.45, 2.75) is 19.9 Å². The molecule has 2 aromatic carbocycles. The number of hydrogen-bond acceptors (Lipinski definition) is 4. The van der Waals surface area contributed by atoms with Crippen LogP contribution in [0.15, 0.2) is 48.5 Å². The van der Waals surface area contributed by atoms with Gasteiger partial charge < -0.3 is 20.3 Å². The predicted octanol–water partition coefficient (Wildman–Crippen LogP) is 2.72. The molecule has 0 atom stereocenters. The molecule has 0 saturated carbocycles. The van der Waals surface area contributed by atoms with Crippen LogP contribution in [0, 0.1) is 0 Å². The largest absolute Gasteiger partial charge is 0.497 e. The summed E-state index contributed by atoms with van der Waals surface area (Å²) in [4.78, 5) is 28.7. The average Bonchev–Trinajstić information content (AvgIpc) is 2.78. The summed E-state index contributed by atoms with van der Waals surface area (Å²) >= 11 is 0. The molecule has 2 N–H and O–H groups in total. The Hall–Kier alpha value is -3.06. The summed E-state index contributed by atoms with van der Waals surface area (Å²) in [7, 11) is 1.63. The summed E-state index contributed by atoms with van der Waals surface area (Å²) in [5.74, 6) is 0.752. The number of urea groups is 1. The predicted molar refractivity (Wildman–Crippen MR) is 118 cm³/mol. The molecule has 1 saturated heterocycles. The number of amides is 3. The molecule has 1 aliphatic heterocycles. The van der Waals surface area contributed by atoms with E-state index in [1.807, 2.05) is 48.5 Å². The number of piperazine rings is 1. The minimum Gasteiger partial charge on any atom is -0.497 e. The van der Waals surface area contributed by atoms with Gasteiger partial charge in [0.05, 0.1) is 13.7 Å². The molecule has 0 aromatic heterocycles. The second kappa shape index (κ2) is 10.6. The molecular weight excluding hydrogens is 380 g/mol. The highest BCUT2D eigenvalue weighted by Gasteiger charge is 2.22. The number of nitrogens with one attached hydrogen (secondary N) is 2. The van der Waals surface area contributed by atoms with Gasteiger partial charge in [0, 0.05) is 38.4 Å². The van der Waals surface area contributed by atoms with Gasteiger partial charge in [-0.2, -0.15) is 0 Å². The van der Waals surface area contributed by atoms with Gasteiger partial charge in [-0.1, -0.05) is 37.3 Å². The first-order chi connectivity index (χ1) is 14.6. The van der Waals surface area contributed by atoms with Crippen molar-refractivity contribution in [2.24, 2.45) is 0 Å². The van der Waals surface area contributed by atoms with Crippen molar-refractivity contribution in [2.75, 3.05) is 45.2 Å². The van der Waals surface area contributed by atoms with Crippen molar-refractivity contribution in [3.63, 3.8) is 0 Å². The third-order valence-electron chi connectivity index (χ3n) is 5.28. The van der Waals surface area contributed by atoms with Gasteiger partial charge in [-0.05, 0) is 35.7 Å². The quantitative estimate of drug-likeness (QED) is 0.736. The monoisotopic (exact) mass is 410 g/mol. The molecule has 0 aliphatic carbocycles. The summed E-state index contributed by atoms with van der Waals surface area (Å²) < 4.78 is 5.21. The normalized spacial score (nSPS) is 14.3. The molecule has 0 spiro atoms. The minimum absolute atomic E-state index is 0.0215. The van der Waals surface area contributed by atoms with E-state index in [2.05, 4.69) is 22.5 Å². The second-order valence-corrected chi connectivity index (χ2v) is 7.33. The Balaban J connectivity index is 1.41. The van der Waals surface area contributed by atoms with Gasteiger partial charge >= 0.3 is 6.03 Å². The van der Waals surface area contributed by atoms with Gasteiger partial charge in [0.15, 0.2) is 0 Å². The zero-order valence-electron chi connectivity index (χ0n) is 17.7. The summed E-state index contributed by atoms with van der Waals surface area (Å²) in [6.07, 6.45) is 0.875. The lowest BCUT2D eigenvalue weighted by Gasteiger charge is -2.34. The van der Waals surface area contributed by atoms with Crippen molar-refractivity contribution < 1.29 is 14.3 Å². The first-order valence-corrected chi connectivity index (χ1v) is 10.3. The van der Waals surface area contributed by atoms with Crippen molar-refractivity contribution in [3.8, 4) is 5.75 Å². The van der Waals surface area contributed by atoms with E-state index in [0.717, 1.165) is 29.0 Å². The molecule has 30 heavy (non-hydrogen) atoms. The van der Waals surface area contributed by atoms with Gasteiger partial charge in [-0.3, -0.25) is 9.69 Å². The molecular formula is C23H30N4O3. The standard InChI is InChI=1S/C23H30N4O3/c1-3-19-8-4-5-10-21(19)25-22(28)17-26-11-13-27(14-12-26)23(29)24-16-18-7-6-9-20(15-18)30-2/h4-10,15H,3,11-14,16-17H2,1-2H3,(H,24,29)(H,25,28). The van der Waals surface area contributed by atoms with E-state index in [-0.39, 0.29) is 11.9 Å². The molecule has 1 heterocycles. The molecule has 7 heteroatoms. The Bertz CT molecular complexity index is 863. The Kier molecular flexibility index (Phi) is 7.68. The number of carbonyl (C=O) groups is 2. The molecule has 1 aliphatic rings. The summed E-state index contributed by atoms with van der Waals surface area (Å²) in [6, 6.07) is 15.4. The first kappa shape index (κ1) is 21.6. The van der Waals surface area contributed by atoms with Gasteiger partial charge in [-0.25, -0.2) is 4.79 Å². The van der Waals surface area contributed by atoms with E-state index >= 15 is 0 Å². The Morgan fingerprint density at radius 3 is 2.53 bits per heavy atom. The Morgan fingerprint density at radius 2 is 1.80 bits per heavy atom. The number of aryl methyl sites for hydroxylation is 1. The van der Waals surface area contributed by atoms with Gasteiger partial charge in [0.2, 0.25) is 5.91 Å². The van der Waals surface area contributed by atoms with E-state index in [1.54, 1.807) is 12.0 Å². The maximum atomic E-state index is 12.5. The third-order valence-corrected chi connectivity index (χ3v) is 5.28. The molecule has 0 unspecified atom stereocenters. The molecule has 7 nitrogen and oxygen atoms in total. The van der Waals surface area contributed by atoms with Crippen LogP contribution in [0.25, 0.3) is 0 Å². The number of para-hydroxylation sites is 1. The van der Waals surface area contributed by atoms with Crippen LogP contribution in [-0.4, -0.2) is 61.6 Å². The van der Waals surface area contributed by atoms with Gasteiger partial charge in [0.25, 0.3) is 0 Å². The molecule has 160 valence electrons. The van der Waals surface area contributed by atoms with Crippen LogP contribution in [-0.2, 0) is 17.8 Å². The lowest BCUT2D eigenvalue weighted by molar-refractivity contribution is -0.117. The smallest absolute Gasteiger partial charge is 0.317 e. The number of anilines is 1. The highest BCUT2D eigenvalue weighted by atomic mass is 16.5. The number of benzene rings is 2. The summed E-state index contributed by atoms with van der Waals surface area (Å²) in [6.45, 7) is 5.41. The SMILES string of the molecule is CCc1ccccc1NC(=O)CN1CCN(C(=O)NCc2cccc(OC)c2)CC1. The van der Waals surface area contributed by atoms with Gasteiger partial charge in [0.1, 0.15) is 5.75 Å². The van der Waals surface area contributed by atoms with Gasteiger partial charge in [-0.15, -0.1) is 0 Å². The number of ether oxygens (including phenoxy) is 1. The topological polar surface area (TPSA) is 73.9 Å². The van der Waals surface area contributed by atoms with Crippen LogP contribution >= 0.6 is 0 Å². The van der Waals surface area contributed by atoms with Crippen LogP contribution < -0.4 is 15.4 Å². The molecule has 2 aromatic rings. The van der Waals surface area contributed by atoms with Crippen molar-refractivity contribution in [1.82, 2.24) is 15.1 Å². The molecule has 3 amide bonds. The van der Waals surface area contributed by atoms with E-state index in [1.165, 1.54) is 0 Å². The number of nitrogens with zero attached hydrogens (tertiary/aromatic N) is 2. The average molecular weight is 411 g/mol. The molecule has 3 rings (SSSR count). The van der Waals surface area contributed by atoms with Crippen molar-refractivity contribution >= 4 is 17.6 Å². The lowest BCUT2D eigenvalue weighted by atomic mass is 10.1. The van der Waals surface area contributed by atoms with E-state index < -0.39 is 0 Å². The van der Waals surface area contributed by atoms with E-state index in [0.29, 0.717) is 39.3 Å². The fourth-order valence-electron chi connectivity index (χ4n) is 3.52. The maximum Gasteiger partial charge on any atom is 0.317 e. The minimum atomic E-state index is -0.0844. The van der Waals surface area contributed by atoms with Crippen LogP contribution in [0.1, 0.15) is 18.1 Å². The number of carbonyl (C=O) groups excluding carboxylic acids is 2. The zero-order chi connectivity index (χ0) is 21.3. The van der Waals surface area contributed by atoms with Crippen molar-refractivity contribution in [3.05, 3.63) is 59.7 Å². The number of rotatable bonds is 7. The number of hydrogen-bond donors (Lipinski definition) is 2. The van der Waals surface area contributed by atoms with Crippen LogP contribution in [0.4, 0.5) is 10.5 Å². The summed E-state index contributed by atoms with van der Waals surface area (Å²) in [5.41, 5.74) is 2.99. The molecule has 1 fully saturated rings. The highest BCUT2D eigenvalue weighted by molar-refractivity contribution is 5.93. The van der Waals surface area contributed by atoms with E-state index in [9.17, 15) is 9.59 Å². The Labute approximate surface area is 178 Å². The van der Waals surface area contributed by atoms with Crippen LogP contribution in [0.5, 0.6) is 5.75 Å². The summed E-state index contributed by atoms with van der Waals surface area (Å²) in [5, 5.41) is 5.96. The molecule has 0 radical (unpaired) electrons. The zero-order valence-corrected chi connectivity index (χ0v) is 17.7. The second-order valence-electron chi connectivity index (χ2n) is 7.33. The lowest BCUT2D eigenvalue weighted by Crippen LogP contribution is -2.52. The van der Waals surface area contributed by atoms with Crippen LogP contribution in [0.3, 0.4) is 0 Å². The van der Waals surface area contributed by atoms with E-state index in [4.69, 9.17) is 4.74 Å². The number of methoxy groups -OCH3 is 1.